The number of para-hydroxylation sites is 1. The Morgan fingerprint density at radius 3 is 1.92 bits per heavy atom. The standard InChI is InChI=1S/C46H29NO2/c1-2-11-30(12-3-1)31-23-26-34(27-24-31)47(40-19-10-22-43-45(40)39-28-25-32-13-4-5-16-37(32)46(39)49-43)35-15-8-14-33(29-35)36-18-9-21-42-44(36)38-17-6-7-20-41(38)48-42/h1-29H. The third kappa shape index (κ3) is 4.44. The molecule has 0 atom stereocenters. The number of fused-ring (bicyclic) bond motifs is 8. The van der Waals surface area contributed by atoms with Crippen molar-refractivity contribution < 1.29 is 8.83 Å². The molecule has 10 rings (SSSR count). The van der Waals surface area contributed by atoms with Crippen molar-refractivity contribution in [3.63, 3.8) is 0 Å². The van der Waals surface area contributed by atoms with Gasteiger partial charge in [0.05, 0.1) is 11.1 Å². The van der Waals surface area contributed by atoms with Crippen LogP contribution in [0, 0.1) is 0 Å². The second-order valence-electron chi connectivity index (χ2n) is 12.5. The third-order valence-electron chi connectivity index (χ3n) is 9.66. The van der Waals surface area contributed by atoms with E-state index in [-0.39, 0.29) is 0 Å². The van der Waals surface area contributed by atoms with Crippen LogP contribution < -0.4 is 4.90 Å². The summed E-state index contributed by atoms with van der Waals surface area (Å²) in [5, 5.41) is 6.71. The Hall–Kier alpha value is -6.58. The van der Waals surface area contributed by atoms with Crippen molar-refractivity contribution >= 4 is 71.7 Å². The summed E-state index contributed by atoms with van der Waals surface area (Å²) in [6, 6.07) is 62.0. The Morgan fingerprint density at radius 2 is 1.04 bits per heavy atom. The van der Waals surface area contributed by atoms with E-state index in [0.29, 0.717) is 0 Å². The average Bonchev–Trinajstić information content (AvgIpc) is 3.75. The summed E-state index contributed by atoms with van der Waals surface area (Å²) < 4.78 is 12.9. The summed E-state index contributed by atoms with van der Waals surface area (Å²) >= 11 is 0. The van der Waals surface area contributed by atoms with E-state index in [9.17, 15) is 0 Å². The van der Waals surface area contributed by atoms with Gasteiger partial charge in [0.2, 0.25) is 0 Å². The molecule has 8 aromatic carbocycles. The lowest BCUT2D eigenvalue weighted by Crippen LogP contribution is -2.10. The van der Waals surface area contributed by atoms with E-state index in [0.717, 1.165) is 82.8 Å². The molecular formula is C46H29NO2. The lowest BCUT2D eigenvalue weighted by Gasteiger charge is -2.27. The molecule has 0 aliphatic heterocycles. The molecule has 0 spiro atoms. The minimum absolute atomic E-state index is 0.862. The number of furan rings is 2. The zero-order chi connectivity index (χ0) is 32.3. The summed E-state index contributed by atoms with van der Waals surface area (Å²) in [7, 11) is 0. The van der Waals surface area contributed by atoms with E-state index in [4.69, 9.17) is 8.83 Å². The Labute approximate surface area is 282 Å². The SMILES string of the molecule is c1ccc(-c2ccc(N(c3cccc(-c4cccc5oc6ccccc6c45)c3)c3cccc4oc5c6ccccc6ccc5c34)cc2)cc1. The quantitative estimate of drug-likeness (QED) is 0.190. The number of anilines is 3. The Kier molecular flexibility index (Phi) is 6.18. The van der Waals surface area contributed by atoms with Crippen molar-refractivity contribution in [1.29, 1.82) is 0 Å². The van der Waals surface area contributed by atoms with Crippen molar-refractivity contribution in [2.75, 3.05) is 4.90 Å². The van der Waals surface area contributed by atoms with E-state index < -0.39 is 0 Å². The topological polar surface area (TPSA) is 29.5 Å². The van der Waals surface area contributed by atoms with Crippen LogP contribution in [0.15, 0.2) is 185 Å². The molecule has 2 heterocycles. The summed E-state index contributed by atoms with van der Waals surface area (Å²) in [6.45, 7) is 0. The van der Waals surface area contributed by atoms with Crippen LogP contribution in [0.25, 0.3) is 76.9 Å². The smallest absolute Gasteiger partial charge is 0.143 e. The van der Waals surface area contributed by atoms with E-state index >= 15 is 0 Å². The monoisotopic (exact) mass is 627 g/mol. The first-order chi connectivity index (χ1) is 24.3. The van der Waals surface area contributed by atoms with E-state index in [1.165, 1.54) is 11.1 Å². The molecule has 0 saturated heterocycles. The lowest BCUT2D eigenvalue weighted by molar-refractivity contribution is 0.669. The maximum absolute atomic E-state index is 6.64. The molecule has 10 aromatic rings. The lowest BCUT2D eigenvalue weighted by atomic mass is 9.98. The Morgan fingerprint density at radius 1 is 0.367 bits per heavy atom. The molecule has 0 amide bonds. The molecule has 230 valence electrons. The molecule has 0 N–H and O–H groups in total. The minimum atomic E-state index is 0.862. The van der Waals surface area contributed by atoms with Gasteiger partial charge in [0, 0.05) is 32.9 Å². The van der Waals surface area contributed by atoms with Crippen LogP contribution in [-0.2, 0) is 0 Å². The molecule has 3 heteroatoms. The van der Waals surface area contributed by atoms with Gasteiger partial charge in [0.25, 0.3) is 0 Å². The highest BCUT2D eigenvalue weighted by molar-refractivity contribution is 6.19. The fourth-order valence-electron chi connectivity index (χ4n) is 7.41. The van der Waals surface area contributed by atoms with Gasteiger partial charge in [-0.15, -0.1) is 0 Å². The van der Waals surface area contributed by atoms with E-state index in [1.54, 1.807) is 0 Å². The highest BCUT2D eigenvalue weighted by Gasteiger charge is 2.21. The van der Waals surface area contributed by atoms with Gasteiger partial charge >= 0.3 is 0 Å². The molecule has 0 unspecified atom stereocenters. The number of hydrogen-bond acceptors (Lipinski definition) is 3. The number of benzene rings is 8. The molecular weight excluding hydrogens is 599 g/mol. The average molecular weight is 628 g/mol. The van der Waals surface area contributed by atoms with Crippen molar-refractivity contribution in [2.45, 2.75) is 0 Å². The summed E-state index contributed by atoms with van der Waals surface area (Å²) in [4.78, 5) is 2.36. The first-order valence-corrected chi connectivity index (χ1v) is 16.6. The minimum Gasteiger partial charge on any atom is -0.456 e. The van der Waals surface area contributed by atoms with Gasteiger partial charge in [-0.2, -0.15) is 0 Å². The highest BCUT2D eigenvalue weighted by Crippen LogP contribution is 2.46. The van der Waals surface area contributed by atoms with E-state index in [2.05, 4.69) is 169 Å². The van der Waals surface area contributed by atoms with E-state index in [1.807, 2.05) is 12.1 Å². The molecule has 0 radical (unpaired) electrons. The van der Waals surface area contributed by atoms with Gasteiger partial charge in [-0.25, -0.2) is 0 Å². The second-order valence-corrected chi connectivity index (χ2v) is 12.5. The van der Waals surface area contributed by atoms with Crippen molar-refractivity contribution in [3.8, 4) is 22.3 Å². The van der Waals surface area contributed by atoms with Crippen LogP contribution in [-0.4, -0.2) is 0 Å². The molecule has 0 aliphatic rings. The van der Waals surface area contributed by atoms with Crippen molar-refractivity contribution in [3.05, 3.63) is 176 Å². The first kappa shape index (κ1) is 27.5. The molecule has 0 fully saturated rings. The summed E-state index contributed by atoms with van der Waals surface area (Å²) in [6.07, 6.45) is 0. The van der Waals surface area contributed by atoms with Gasteiger partial charge < -0.3 is 13.7 Å². The molecule has 3 nitrogen and oxygen atoms in total. The van der Waals surface area contributed by atoms with Crippen LogP contribution in [0.5, 0.6) is 0 Å². The van der Waals surface area contributed by atoms with Gasteiger partial charge in [0.1, 0.15) is 22.3 Å². The molecule has 0 aliphatic carbocycles. The fourth-order valence-corrected chi connectivity index (χ4v) is 7.41. The van der Waals surface area contributed by atoms with Gasteiger partial charge in [-0.3, -0.25) is 0 Å². The van der Waals surface area contributed by atoms with Crippen LogP contribution >= 0.6 is 0 Å². The van der Waals surface area contributed by atoms with Gasteiger partial charge in [-0.05, 0) is 82.2 Å². The van der Waals surface area contributed by atoms with Crippen LogP contribution in [0.2, 0.25) is 0 Å². The van der Waals surface area contributed by atoms with Crippen LogP contribution in [0.1, 0.15) is 0 Å². The predicted molar refractivity (Wildman–Crippen MR) is 204 cm³/mol. The van der Waals surface area contributed by atoms with Crippen molar-refractivity contribution in [1.82, 2.24) is 0 Å². The normalized spacial score (nSPS) is 11.7. The molecule has 2 aromatic heterocycles. The van der Waals surface area contributed by atoms with Crippen LogP contribution in [0.4, 0.5) is 17.1 Å². The van der Waals surface area contributed by atoms with Crippen molar-refractivity contribution in [2.24, 2.45) is 0 Å². The van der Waals surface area contributed by atoms with Crippen LogP contribution in [0.3, 0.4) is 0 Å². The summed E-state index contributed by atoms with van der Waals surface area (Å²) in [5.41, 5.74) is 11.4. The number of hydrogen-bond donors (Lipinski definition) is 0. The zero-order valence-electron chi connectivity index (χ0n) is 26.5. The van der Waals surface area contributed by atoms with Gasteiger partial charge in [-0.1, -0.05) is 121 Å². The first-order valence-electron chi connectivity index (χ1n) is 16.6. The Balaban J connectivity index is 1.21. The molecule has 49 heavy (non-hydrogen) atoms. The summed E-state index contributed by atoms with van der Waals surface area (Å²) in [5.74, 6) is 0. The predicted octanol–water partition coefficient (Wildman–Crippen LogP) is 13.4. The molecule has 0 saturated carbocycles. The second kappa shape index (κ2) is 11.0. The maximum atomic E-state index is 6.64. The number of nitrogens with zero attached hydrogens (tertiary/aromatic N) is 1. The zero-order valence-corrected chi connectivity index (χ0v) is 26.5. The van der Waals surface area contributed by atoms with Gasteiger partial charge in [0.15, 0.2) is 0 Å². The molecule has 0 bridgehead atoms. The number of rotatable bonds is 5. The Bertz CT molecular complexity index is 2830. The highest BCUT2D eigenvalue weighted by atomic mass is 16.3. The fraction of sp³-hybridized carbons (Fsp3) is 0. The maximum Gasteiger partial charge on any atom is 0.143 e. The third-order valence-corrected chi connectivity index (χ3v) is 9.66. The largest absolute Gasteiger partial charge is 0.456 e.